The van der Waals surface area contributed by atoms with E-state index in [2.05, 4.69) is 10.3 Å². The van der Waals surface area contributed by atoms with Crippen LogP contribution in [0, 0.1) is 6.92 Å². The number of anilines is 2. The van der Waals surface area contributed by atoms with Gasteiger partial charge >= 0.3 is 6.09 Å². The predicted molar refractivity (Wildman–Crippen MR) is 103 cm³/mol. The van der Waals surface area contributed by atoms with Crippen molar-refractivity contribution in [2.75, 3.05) is 38.1 Å². The number of carbonyl (C=O) groups is 2. The Labute approximate surface area is 158 Å². The summed E-state index contributed by atoms with van der Waals surface area (Å²) in [5, 5.41) is 3.33. The summed E-state index contributed by atoms with van der Waals surface area (Å²) in [5.74, 6) is -0.132. The maximum atomic E-state index is 12.8. The summed E-state index contributed by atoms with van der Waals surface area (Å²) in [6, 6.07) is 11.6. The molecule has 1 saturated heterocycles. The molecule has 1 N–H and O–H groups in total. The van der Waals surface area contributed by atoms with Gasteiger partial charge in [0.1, 0.15) is 5.69 Å². The number of hydrogen-bond acceptors (Lipinski definition) is 5. The van der Waals surface area contributed by atoms with Gasteiger partial charge < -0.3 is 19.9 Å². The van der Waals surface area contributed by atoms with Gasteiger partial charge in [0.2, 0.25) is 0 Å². The molecule has 0 spiro atoms. The smallest absolute Gasteiger partial charge is 0.409 e. The van der Waals surface area contributed by atoms with Crippen LogP contribution < -0.4 is 5.32 Å². The average Bonchev–Trinajstić information content (AvgIpc) is 2.70. The second kappa shape index (κ2) is 8.53. The Bertz CT molecular complexity index is 816. The van der Waals surface area contributed by atoms with E-state index in [-0.39, 0.29) is 12.0 Å². The number of rotatable bonds is 4. The summed E-state index contributed by atoms with van der Waals surface area (Å²) >= 11 is 0. The van der Waals surface area contributed by atoms with E-state index in [1.54, 1.807) is 29.0 Å². The molecule has 0 bridgehead atoms. The first-order valence-electron chi connectivity index (χ1n) is 9.08. The number of carbonyl (C=O) groups excluding carboxylic acids is 2. The van der Waals surface area contributed by atoms with Crippen molar-refractivity contribution in [2.24, 2.45) is 0 Å². The van der Waals surface area contributed by atoms with Gasteiger partial charge in [-0.2, -0.15) is 0 Å². The van der Waals surface area contributed by atoms with Crippen molar-refractivity contribution in [1.82, 2.24) is 14.8 Å². The summed E-state index contributed by atoms with van der Waals surface area (Å²) in [6.45, 7) is 6.02. The van der Waals surface area contributed by atoms with E-state index < -0.39 is 0 Å². The van der Waals surface area contributed by atoms with Crippen molar-refractivity contribution in [3.8, 4) is 0 Å². The van der Waals surface area contributed by atoms with Crippen LogP contribution in [0.25, 0.3) is 0 Å². The molecular formula is C20H24N4O3. The van der Waals surface area contributed by atoms with Crippen LogP contribution in [0.15, 0.2) is 42.6 Å². The topological polar surface area (TPSA) is 74.8 Å². The molecule has 27 heavy (non-hydrogen) atoms. The Balaban J connectivity index is 1.64. The molecule has 2 heterocycles. The number of pyridine rings is 1. The van der Waals surface area contributed by atoms with Gasteiger partial charge in [-0.3, -0.25) is 9.78 Å². The normalized spacial score (nSPS) is 14.0. The Morgan fingerprint density at radius 1 is 1.11 bits per heavy atom. The van der Waals surface area contributed by atoms with Gasteiger partial charge in [-0.15, -0.1) is 0 Å². The largest absolute Gasteiger partial charge is 0.450 e. The Morgan fingerprint density at radius 3 is 2.52 bits per heavy atom. The zero-order valence-electron chi connectivity index (χ0n) is 15.6. The summed E-state index contributed by atoms with van der Waals surface area (Å²) < 4.78 is 5.01. The van der Waals surface area contributed by atoms with Crippen LogP contribution in [0.5, 0.6) is 0 Å². The van der Waals surface area contributed by atoms with E-state index in [0.29, 0.717) is 38.5 Å². The minimum Gasteiger partial charge on any atom is -0.450 e. The number of amides is 2. The molecule has 1 aliphatic heterocycles. The van der Waals surface area contributed by atoms with E-state index in [1.807, 2.05) is 37.3 Å². The number of nitrogens with one attached hydrogen (secondary N) is 1. The highest BCUT2D eigenvalue weighted by atomic mass is 16.6. The zero-order chi connectivity index (χ0) is 19.2. The van der Waals surface area contributed by atoms with Crippen LogP contribution in [0.2, 0.25) is 0 Å². The highest BCUT2D eigenvalue weighted by Crippen LogP contribution is 2.20. The fourth-order valence-corrected chi connectivity index (χ4v) is 2.96. The third-order valence-corrected chi connectivity index (χ3v) is 4.50. The highest BCUT2D eigenvalue weighted by Gasteiger charge is 2.26. The van der Waals surface area contributed by atoms with Crippen molar-refractivity contribution < 1.29 is 14.3 Å². The number of hydrogen-bond donors (Lipinski definition) is 1. The van der Waals surface area contributed by atoms with Crippen molar-refractivity contribution >= 4 is 23.4 Å². The molecule has 1 fully saturated rings. The van der Waals surface area contributed by atoms with Crippen molar-refractivity contribution in [3.05, 3.63) is 53.9 Å². The molecule has 3 rings (SSSR count). The highest BCUT2D eigenvalue weighted by molar-refractivity contribution is 5.93. The fourth-order valence-electron chi connectivity index (χ4n) is 2.96. The number of ether oxygens (including phenoxy) is 1. The summed E-state index contributed by atoms with van der Waals surface area (Å²) in [7, 11) is 0. The van der Waals surface area contributed by atoms with E-state index in [0.717, 1.165) is 16.9 Å². The van der Waals surface area contributed by atoms with Crippen LogP contribution >= 0.6 is 0 Å². The molecule has 7 nitrogen and oxygen atoms in total. The maximum absolute atomic E-state index is 12.8. The second-order valence-electron chi connectivity index (χ2n) is 6.35. The third-order valence-electron chi connectivity index (χ3n) is 4.50. The van der Waals surface area contributed by atoms with Crippen molar-refractivity contribution in [3.63, 3.8) is 0 Å². The van der Waals surface area contributed by atoms with E-state index in [9.17, 15) is 9.59 Å². The quantitative estimate of drug-likeness (QED) is 0.898. The minimum absolute atomic E-state index is 0.132. The molecule has 0 saturated carbocycles. The van der Waals surface area contributed by atoms with Crippen LogP contribution in [0.1, 0.15) is 23.0 Å². The number of piperazine rings is 1. The molecule has 2 aromatic rings. The molecule has 0 aliphatic carbocycles. The van der Waals surface area contributed by atoms with Crippen LogP contribution in [0.4, 0.5) is 16.2 Å². The molecule has 142 valence electrons. The Morgan fingerprint density at radius 2 is 1.81 bits per heavy atom. The lowest BCUT2D eigenvalue weighted by Gasteiger charge is -2.33. The standard InChI is InChI=1S/C20H24N4O3/c1-3-27-20(26)24-12-10-23(11-13-24)19(25)18-14-16(8-9-21-18)22-17-7-5-4-6-15(17)2/h4-9,14H,3,10-13H2,1-2H3,(H,21,22). The summed E-state index contributed by atoms with van der Waals surface area (Å²) in [4.78, 5) is 32.1. The fraction of sp³-hybridized carbons (Fsp3) is 0.350. The van der Waals surface area contributed by atoms with E-state index in [4.69, 9.17) is 4.74 Å². The van der Waals surface area contributed by atoms with Crippen molar-refractivity contribution in [2.45, 2.75) is 13.8 Å². The van der Waals surface area contributed by atoms with Crippen LogP contribution in [-0.2, 0) is 4.74 Å². The number of para-hydroxylation sites is 1. The Kier molecular flexibility index (Phi) is 5.90. The van der Waals surface area contributed by atoms with Gasteiger partial charge in [0.15, 0.2) is 0 Å². The van der Waals surface area contributed by atoms with E-state index in [1.165, 1.54) is 0 Å². The molecule has 7 heteroatoms. The lowest BCUT2D eigenvalue weighted by molar-refractivity contribution is 0.0566. The number of benzene rings is 1. The van der Waals surface area contributed by atoms with Crippen LogP contribution in [-0.4, -0.2) is 59.6 Å². The minimum atomic E-state index is -0.327. The number of nitrogens with zero attached hydrogens (tertiary/aromatic N) is 3. The van der Waals surface area contributed by atoms with Gasteiger partial charge in [-0.05, 0) is 37.6 Å². The first-order valence-corrected chi connectivity index (χ1v) is 9.08. The molecule has 1 aliphatic rings. The van der Waals surface area contributed by atoms with Gasteiger partial charge in [0.25, 0.3) is 5.91 Å². The van der Waals surface area contributed by atoms with Gasteiger partial charge in [-0.1, -0.05) is 18.2 Å². The van der Waals surface area contributed by atoms with E-state index >= 15 is 0 Å². The third kappa shape index (κ3) is 4.55. The van der Waals surface area contributed by atoms with Crippen LogP contribution in [0.3, 0.4) is 0 Å². The SMILES string of the molecule is CCOC(=O)N1CCN(C(=O)c2cc(Nc3ccccc3C)ccn2)CC1. The van der Waals surface area contributed by atoms with Crippen molar-refractivity contribution in [1.29, 1.82) is 0 Å². The Hall–Kier alpha value is -3.09. The monoisotopic (exact) mass is 368 g/mol. The van der Waals surface area contributed by atoms with Gasteiger partial charge in [0, 0.05) is 43.8 Å². The summed E-state index contributed by atoms with van der Waals surface area (Å²) in [6.07, 6.45) is 1.30. The summed E-state index contributed by atoms with van der Waals surface area (Å²) in [5.41, 5.74) is 3.31. The first-order chi connectivity index (χ1) is 13.1. The molecular weight excluding hydrogens is 344 g/mol. The molecule has 0 radical (unpaired) electrons. The molecule has 0 atom stereocenters. The molecule has 1 aromatic heterocycles. The van der Waals surface area contributed by atoms with Gasteiger partial charge in [0.05, 0.1) is 6.61 Å². The maximum Gasteiger partial charge on any atom is 0.409 e. The number of aromatic nitrogens is 1. The zero-order valence-corrected chi connectivity index (χ0v) is 15.6. The lowest BCUT2D eigenvalue weighted by atomic mass is 10.2. The first kappa shape index (κ1) is 18.7. The second-order valence-corrected chi connectivity index (χ2v) is 6.35. The van der Waals surface area contributed by atoms with Gasteiger partial charge in [-0.25, -0.2) is 4.79 Å². The lowest BCUT2D eigenvalue weighted by Crippen LogP contribution is -2.50. The molecule has 1 aromatic carbocycles. The molecule has 2 amide bonds. The predicted octanol–water partition coefficient (Wildman–Crippen LogP) is 3.05. The molecule has 0 unspecified atom stereocenters. The number of aryl methyl sites for hydroxylation is 1. The average molecular weight is 368 g/mol.